The summed E-state index contributed by atoms with van der Waals surface area (Å²) >= 11 is 2.97. The molecule has 0 spiro atoms. The van der Waals surface area contributed by atoms with E-state index in [1.165, 1.54) is 0 Å². The SMILES string of the molecule is Cc1ccccc1NCC(=O)N/N=C/c1cc([N+](=O)[O-])cc(Br)c1[O-]. The largest absolute Gasteiger partial charge is 0.871 e. The summed E-state index contributed by atoms with van der Waals surface area (Å²) in [6, 6.07) is 9.70. The highest BCUT2D eigenvalue weighted by atomic mass is 79.9. The summed E-state index contributed by atoms with van der Waals surface area (Å²) in [5.74, 6) is -0.877. The summed E-state index contributed by atoms with van der Waals surface area (Å²) in [4.78, 5) is 21.9. The summed E-state index contributed by atoms with van der Waals surface area (Å²) in [5.41, 5.74) is 3.83. The third-order valence-electron chi connectivity index (χ3n) is 3.25. The number of hydrazone groups is 1. The fourth-order valence-corrected chi connectivity index (χ4v) is 2.42. The highest BCUT2D eigenvalue weighted by molar-refractivity contribution is 9.10. The number of carbonyl (C=O) groups is 1. The average molecular weight is 406 g/mol. The van der Waals surface area contributed by atoms with Crippen LogP contribution < -0.4 is 15.8 Å². The molecular formula is C16H14BrN4O4-. The minimum absolute atomic E-state index is 0.00626. The van der Waals surface area contributed by atoms with Gasteiger partial charge in [0.1, 0.15) is 0 Å². The van der Waals surface area contributed by atoms with Gasteiger partial charge in [0.15, 0.2) is 0 Å². The highest BCUT2D eigenvalue weighted by Crippen LogP contribution is 2.29. The van der Waals surface area contributed by atoms with Gasteiger partial charge in [0, 0.05) is 22.3 Å². The zero-order valence-electron chi connectivity index (χ0n) is 13.2. The third-order valence-corrected chi connectivity index (χ3v) is 3.83. The molecule has 2 rings (SSSR count). The van der Waals surface area contributed by atoms with Gasteiger partial charge >= 0.3 is 0 Å². The van der Waals surface area contributed by atoms with Crippen LogP contribution in [0.2, 0.25) is 0 Å². The maximum Gasteiger partial charge on any atom is 0.271 e. The number of halogens is 1. The zero-order chi connectivity index (χ0) is 18.4. The molecule has 130 valence electrons. The summed E-state index contributed by atoms with van der Waals surface area (Å²) in [5, 5.41) is 29.3. The monoisotopic (exact) mass is 405 g/mol. The summed E-state index contributed by atoms with van der Waals surface area (Å²) < 4.78 is 0.0516. The molecule has 25 heavy (non-hydrogen) atoms. The van der Waals surface area contributed by atoms with Crippen molar-refractivity contribution < 1.29 is 14.8 Å². The second-order valence-electron chi connectivity index (χ2n) is 5.06. The van der Waals surface area contributed by atoms with E-state index >= 15 is 0 Å². The highest BCUT2D eigenvalue weighted by Gasteiger charge is 2.09. The smallest absolute Gasteiger partial charge is 0.271 e. The van der Waals surface area contributed by atoms with Crippen LogP contribution in [0.5, 0.6) is 5.75 Å². The molecule has 0 aliphatic rings. The van der Waals surface area contributed by atoms with E-state index in [9.17, 15) is 20.0 Å². The van der Waals surface area contributed by atoms with Crippen molar-refractivity contribution >= 4 is 39.4 Å². The Hall–Kier alpha value is -2.94. The second kappa shape index (κ2) is 8.25. The molecule has 1 amide bonds. The summed E-state index contributed by atoms with van der Waals surface area (Å²) in [6.45, 7) is 1.90. The first-order valence-electron chi connectivity index (χ1n) is 7.15. The molecule has 0 aromatic heterocycles. The van der Waals surface area contributed by atoms with Crippen LogP contribution in [0.3, 0.4) is 0 Å². The first-order chi connectivity index (χ1) is 11.9. The molecule has 0 heterocycles. The predicted molar refractivity (Wildman–Crippen MR) is 95.6 cm³/mol. The van der Waals surface area contributed by atoms with Gasteiger partial charge in [-0.3, -0.25) is 14.9 Å². The standard InChI is InChI=1S/C16H15BrN4O4/c1-10-4-2-3-5-14(10)18-9-15(22)20-19-8-11-6-12(21(24)25)7-13(17)16(11)23/h2-8,18,23H,9H2,1H3,(H,20,22)/p-1/b19-8+. The minimum Gasteiger partial charge on any atom is -0.871 e. The van der Waals surface area contributed by atoms with Crippen LogP contribution >= 0.6 is 15.9 Å². The van der Waals surface area contributed by atoms with Gasteiger partial charge in [-0.15, -0.1) is 0 Å². The van der Waals surface area contributed by atoms with Crippen LogP contribution in [-0.2, 0) is 4.79 Å². The Kier molecular flexibility index (Phi) is 6.07. The predicted octanol–water partition coefficient (Wildman–Crippen LogP) is 2.30. The number of nitro groups is 1. The van der Waals surface area contributed by atoms with Gasteiger partial charge in [0.05, 0.1) is 17.7 Å². The van der Waals surface area contributed by atoms with Crippen LogP contribution in [0.1, 0.15) is 11.1 Å². The lowest BCUT2D eigenvalue weighted by Gasteiger charge is -2.12. The molecule has 0 aliphatic heterocycles. The van der Waals surface area contributed by atoms with Gasteiger partial charge in [-0.2, -0.15) is 5.10 Å². The summed E-state index contributed by atoms with van der Waals surface area (Å²) in [7, 11) is 0. The molecule has 0 fully saturated rings. The minimum atomic E-state index is -0.619. The molecule has 0 radical (unpaired) electrons. The molecule has 0 saturated carbocycles. The molecule has 0 saturated heterocycles. The number of rotatable bonds is 6. The van der Waals surface area contributed by atoms with Crippen molar-refractivity contribution in [2.75, 3.05) is 11.9 Å². The fraction of sp³-hybridized carbons (Fsp3) is 0.125. The van der Waals surface area contributed by atoms with E-state index in [4.69, 9.17) is 0 Å². The Morgan fingerprint density at radius 1 is 1.36 bits per heavy atom. The van der Waals surface area contributed by atoms with E-state index in [0.29, 0.717) is 0 Å². The number of hydrogen-bond acceptors (Lipinski definition) is 6. The number of hydrogen-bond donors (Lipinski definition) is 2. The van der Waals surface area contributed by atoms with E-state index in [2.05, 4.69) is 31.8 Å². The lowest BCUT2D eigenvalue weighted by Crippen LogP contribution is -2.26. The lowest BCUT2D eigenvalue weighted by atomic mass is 10.2. The average Bonchev–Trinajstić information content (AvgIpc) is 2.57. The van der Waals surface area contributed by atoms with Crippen molar-refractivity contribution in [3.8, 4) is 5.75 Å². The number of nitrogens with one attached hydrogen (secondary N) is 2. The molecule has 2 N–H and O–H groups in total. The van der Waals surface area contributed by atoms with Crippen LogP contribution in [-0.4, -0.2) is 23.6 Å². The molecule has 8 nitrogen and oxygen atoms in total. The molecule has 9 heteroatoms. The molecule has 0 bridgehead atoms. The van der Waals surface area contributed by atoms with Gasteiger partial charge in [-0.25, -0.2) is 5.43 Å². The quantitative estimate of drug-likeness (QED) is 0.433. The van der Waals surface area contributed by atoms with Gasteiger partial charge in [-0.05, 0) is 24.1 Å². The maximum atomic E-state index is 11.9. The normalized spacial score (nSPS) is 10.6. The van der Waals surface area contributed by atoms with Gasteiger partial charge in [-0.1, -0.05) is 39.9 Å². The third kappa shape index (κ3) is 5.01. The van der Waals surface area contributed by atoms with Crippen molar-refractivity contribution in [2.45, 2.75) is 6.92 Å². The molecule has 0 atom stereocenters. The number of amides is 1. The Morgan fingerprint density at radius 3 is 2.76 bits per heavy atom. The van der Waals surface area contributed by atoms with Gasteiger partial charge < -0.3 is 10.4 Å². The van der Waals surface area contributed by atoms with Gasteiger partial charge in [0.2, 0.25) is 0 Å². The lowest BCUT2D eigenvalue weighted by molar-refractivity contribution is -0.385. The molecule has 0 aliphatic carbocycles. The Morgan fingerprint density at radius 2 is 2.08 bits per heavy atom. The van der Waals surface area contributed by atoms with Crippen LogP contribution in [0.25, 0.3) is 0 Å². The first kappa shape index (κ1) is 18.4. The summed E-state index contributed by atoms with van der Waals surface area (Å²) in [6.07, 6.45) is 1.08. The Bertz CT molecular complexity index is 839. The Labute approximate surface area is 151 Å². The zero-order valence-corrected chi connectivity index (χ0v) is 14.7. The maximum absolute atomic E-state index is 11.9. The molecule has 2 aromatic rings. The first-order valence-corrected chi connectivity index (χ1v) is 7.94. The topological polar surface area (TPSA) is 120 Å². The van der Waals surface area contributed by atoms with Crippen LogP contribution in [0.4, 0.5) is 11.4 Å². The number of aryl methyl sites for hydroxylation is 1. The number of benzene rings is 2. The molecular weight excluding hydrogens is 392 g/mol. The van der Waals surface area contributed by atoms with Crippen molar-refractivity contribution in [3.63, 3.8) is 0 Å². The van der Waals surface area contributed by atoms with Crippen molar-refractivity contribution in [3.05, 3.63) is 62.1 Å². The molecule has 2 aromatic carbocycles. The van der Waals surface area contributed by atoms with E-state index in [1.54, 1.807) is 0 Å². The number of carbonyl (C=O) groups excluding carboxylic acids is 1. The fourth-order valence-electron chi connectivity index (χ4n) is 1.96. The van der Waals surface area contributed by atoms with Crippen LogP contribution in [0, 0.1) is 17.0 Å². The van der Waals surface area contributed by atoms with E-state index in [0.717, 1.165) is 29.6 Å². The van der Waals surface area contributed by atoms with Crippen molar-refractivity contribution in [1.82, 2.24) is 5.43 Å². The van der Waals surface area contributed by atoms with Crippen molar-refractivity contribution in [2.24, 2.45) is 5.10 Å². The van der Waals surface area contributed by atoms with Crippen LogP contribution in [0.15, 0.2) is 46.0 Å². The number of nitrogens with zero attached hydrogens (tertiary/aromatic N) is 2. The van der Waals surface area contributed by atoms with Gasteiger partial charge in [0.25, 0.3) is 11.6 Å². The second-order valence-corrected chi connectivity index (χ2v) is 5.92. The van der Waals surface area contributed by atoms with E-state index in [-0.39, 0.29) is 22.3 Å². The van der Waals surface area contributed by atoms with E-state index < -0.39 is 16.6 Å². The molecule has 0 unspecified atom stereocenters. The Balaban J connectivity index is 1.97. The number of nitro benzene ring substituents is 1. The number of para-hydroxylation sites is 1. The van der Waals surface area contributed by atoms with E-state index in [1.807, 2.05) is 31.2 Å². The van der Waals surface area contributed by atoms with Crippen molar-refractivity contribution in [1.29, 1.82) is 0 Å². The number of non-ortho nitro benzene ring substituents is 1. The number of anilines is 1.